The summed E-state index contributed by atoms with van der Waals surface area (Å²) < 4.78 is 29.2. The van der Waals surface area contributed by atoms with Crippen LogP contribution in [-0.2, 0) is 17.7 Å². The minimum atomic E-state index is -2.87. The van der Waals surface area contributed by atoms with Crippen LogP contribution >= 0.6 is 0 Å². The molecule has 0 aliphatic carbocycles. The molecule has 2 saturated heterocycles. The van der Waals surface area contributed by atoms with Crippen LogP contribution in [0, 0.1) is 5.41 Å². The first-order valence-corrected chi connectivity index (χ1v) is 16.4. The van der Waals surface area contributed by atoms with E-state index >= 15 is 0 Å². The van der Waals surface area contributed by atoms with Gasteiger partial charge >= 0.3 is 22.8 Å². The van der Waals surface area contributed by atoms with Gasteiger partial charge in [-0.05, 0) is 22.2 Å². The van der Waals surface area contributed by atoms with Gasteiger partial charge < -0.3 is 23.4 Å². The fourth-order valence-corrected chi connectivity index (χ4v) is 16.9. The summed E-state index contributed by atoms with van der Waals surface area (Å²) in [5.74, 6) is 0. The third-order valence-corrected chi connectivity index (χ3v) is 18.0. The monoisotopic (exact) mass is 513 g/mol. The highest BCUT2D eigenvalue weighted by molar-refractivity contribution is 6.83. The van der Waals surface area contributed by atoms with Crippen molar-refractivity contribution in [1.82, 2.24) is 9.55 Å². The van der Waals surface area contributed by atoms with E-state index < -0.39 is 52.2 Å². The van der Waals surface area contributed by atoms with Crippen LogP contribution in [0.4, 0.5) is 0 Å². The quantitative estimate of drug-likeness (QED) is 0.560. The molecule has 0 saturated carbocycles. The highest BCUT2D eigenvalue weighted by Crippen LogP contribution is 2.52. The van der Waals surface area contributed by atoms with Crippen LogP contribution in [0.5, 0.6) is 0 Å². The van der Waals surface area contributed by atoms with Crippen LogP contribution in [0.1, 0.15) is 68.5 Å². The number of rotatable bonds is 6. The van der Waals surface area contributed by atoms with Crippen molar-refractivity contribution in [3.8, 4) is 0 Å². The molecule has 194 valence electrons. The normalized spacial score (nSPS) is 31.2. The Morgan fingerprint density at radius 1 is 1.06 bits per heavy atom. The number of nitrogens with one attached hydrogen (secondary N) is 1. The Bertz CT molecular complexity index is 962. The summed E-state index contributed by atoms with van der Waals surface area (Å²) in [5, 5.41) is 0. The first-order valence-electron chi connectivity index (χ1n) is 12.4. The van der Waals surface area contributed by atoms with Gasteiger partial charge in [-0.25, -0.2) is 4.79 Å². The number of aromatic nitrogens is 2. The molecule has 3 N–H and O–H groups in total. The van der Waals surface area contributed by atoms with Gasteiger partial charge in [-0.15, -0.1) is 0 Å². The number of H-pyrrole nitrogens is 1. The Kier molecular flexibility index (Phi) is 7.89. The van der Waals surface area contributed by atoms with Crippen LogP contribution < -0.4 is 17.0 Å². The summed E-state index contributed by atoms with van der Waals surface area (Å²) in [5.41, 5.74) is 5.40. The first-order chi connectivity index (χ1) is 15.7. The Morgan fingerprint density at radius 2 is 1.62 bits per heavy atom. The van der Waals surface area contributed by atoms with Crippen molar-refractivity contribution in [3.63, 3.8) is 0 Å². The van der Waals surface area contributed by atoms with Crippen LogP contribution in [0.3, 0.4) is 0 Å². The summed E-state index contributed by atoms with van der Waals surface area (Å²) >= 11 is 0. The van der Waals surface area contributed by atoms with Gasteiger partial charge in [0.2, 0.25) is 0 Å². The van der Waals surface area contributed by atoms with Crippen molar-refractivity contribution in [2.75, 3.05) is 13.2 Å². The third kappa shape index (κ3) is 4.33. The van der Waals surface area contributed by atoms with Crippen LogP contribution in [-0.4, -0.2) is 52.0 Å². The minimum absolute atomic E-state index is 0.163. The number of aromatic amines is 1. The van der Waals surface area contributed by atoms with Gasteiger partial charge in [-0.1, -0.05) is 62.3 Å². The molecule has 0 spiro atoms. The maximum atomic E-state index is 12.7. The van der Waals surface area contributed by atoms with E-state index in [1.54, 1.807) is 0 Å². The maximum absolute atomic E-state index is 12.7. The molecule has 34 heavy (non-hydrogen) atoms. The molecule has 0 aromatic carbocycles. The second-order valence-corrected chi connectivity index (χ2v) is 20.1. The van der Waals surface area contributed by atoms with Crippen molar-refractivity contribution >= 4 is 17.1 Å². The van der Waals surface area contributed by atoms with Gasteiger partial charge in [0.1, 0.15) is 12.3 Å². The Balaban J connectivity index is 2.18. The van der Waals surface area contributed by atoms with Crippen LogP contribution in [0.15, 0.2) is 21.9 Å². The zero-order valence-electron chi connectivity index (χ0n) is 22.1. The Morgan fingerprint density at radius 3 is 2.09 bits per heavy atom. The summed E-state index contributed by atoms with van der Waals surface area (Å²) in [6.45, 7) is 19.9. The zero-order valence-corrected chi connectivity index (χ0v) is 24.1. The van der Waals surface area contributed by atoms with Gasteiger partial charge in [0.05, 0.1) is 18.1 Å². The topological polar surface area (TPSA) is 118 Å². The van der Waals surface area contributed by atoms with Crippen molar-refractivity contribution in [3.05, 3.63) is 33.1 Å². The number of nitrogens with zero attached hydrogens (tertiary/aromatic N) is 1. The largest absolute Gasteiger partial charge is 0.414 e. The number of fused-ring (bicyclic) bond motifs is 1. The van der Waals surface area contributed by atoms with Crippen molar-refractivity contribution in [1.29, 1.82) is 0 Å². The lowest BCUT2D eigenvalue weighted by molar-refractivity contribution is -0.0597. The fourth-order valence-electron chi connectivity index (χ4n) is 5.63. The highest BCUT2D eigenvalue weighted by Gasteiger charge is 2.64. The molecule has 1 aromatic rings. The van der Waals surface area contributed by atoms with E-state index in [-0.39, 0.29) is 28.7 Å². The van der Waals surface area contributed by atoms with Gasteiger partial charge in [0, 0.05) is 18.8 Å². The molecule has 0 amide bonds. The van der Waals surface area contributed by atoms with E-state index in [9.17, 15) is 9.59 Å². The number of hydrogen-bond acceptors (Lipinski definition) is 7. The summed E-state index contributed by atoms with van der Waals surface area (Å²) in [7, 11) is -5.58. The molecule has 0 bridgehead atoms. The number of nitrogens with two attached hydrogens (primary N) is 1. The average Bonchev–Trinajstić information content (AvgIpc) is 2.98. The van der Waals surface area contributed by atoms with Crippen molar-refractivity contribution in [2.24, 2.45) is 11.1 Å². The molecule has 4 atom stereocenters. The van der Waals surface area contributed by atoms with Gasteiger partial charge in [-0.2, -0.15) is 0 Å². The average molecular weight is 514 g/mol. The molecule has 2 aliphatic rings. The van der Waals surface area contributed by atoms with E-state index in [0.717, 1.165) is 0 Å². The lowest BCUT2D eigenvalue weighted by Gasteiger charge is -2.52. The Hall–Kier alpha value is -1.09. The molecule has 3 rings (SSSR count). The molecular weight excluding hydrogens is 470 g/mol. The molecular formula is C23H43N3O6Si2. The lowest BCUT2D eigenvalue weighted by atomic mass is 9.82. The zero-order chi connectivity index (χ0) is 25.6. The van der Waals surface area contributed by atoms with Crippen molar-refractivity contribution < 1.29 is 17.7 Å². The van der Waals surface area contributed by atoms with E-state index in [0.29, 0.717) is 6.61 Å². The van der Waals surface area contributed by atoms with Crippen LogP contribution in [0.25, 0.3) is 0 Å². The molecule has 2 aliphatic heterocycles. The van der Waals surface area contributed by atoms with Gasteiger partial charge in [0.25, 0.3) is 5.56 Å². The van der Waals surface area contributed by atoms with Gasteiger partial charge in [0.15, 0.2) is 0 Å². The first kappa shape index (κ1) is 27.5. The fraction of sp³-hybridized carbons (Fsp3) is 0.826. The molecule has 3 heterocycles. The molecule has 0 unspecified atom stereocenters. The third-order valence-electron chi connectivity index (χ3n) is 7.72. The highest BCUT2D eigenvalue weighted by atomic mass is 28.5. The summed E-state index contributed by atoms with van der Waals surface area (Å²) in [6, 6.07) is 1.32. The Labute approximate surface area is 204 Å². The lowest BCUT2D eigenvalue weighted by Crippen LogP contribution is -2.66. The second-order valence-electron chi connectivity index (χ2n) is 11.3. The van der Waals surface area contributed by atoms with E-state index in [2.05, 4.69) is 60.4 Å². The number of hydrogen-bond donors (Lipinski definition) is 2. The molecule has 9 nitrogen and oxygen atoms in total. The molecule has 11 heteroatoms. The predicted molar refractivity (Wildman–Crippen MR) is 136 cm³/mol. The predicted octanol–water partition coefficient (Wildman–Crippen LogP) is 3.36. The second kappa shape index (κ2) is 9.76. The SMILES string of the molecule is CC(C)[Si]1(C(C)C)OC[C@H]2O[C@@H](n3ccc(=O)[nH]c3=O)[C@](C)(CN)[C@@H]2O[Si](C(C)C)(C(C)C)O1. The molecule has 1 aromatic heterocycles. The van der Waals surface area contributed by atoms with E-state index in [1.165, 1.54) is 16.8 Å². The minimum Gasteiger partial charge on any atom is -0.414 e. The van der Waals surface area contributed by atoms with E-state index in [4.69, 9.17) is 23.4 Å². The van der Waals surface area contributed by atoms with Crippen molar-refractivity contribution in [2.45, 2.75) is 103 Å². The molecule has 0 radical (unpaired) electrons. The standard InChI is InChI=1S/C23H43N3O6Si2/c1-14(2)33(15(3)4)29-12-18-20(31-34(32-33,16(5)6)17(7)8)23(9,13-24)21(30-18)26-11-10-19(27)25-22(26)28/h10-11,14-18,20-21H,12-13,24H2,1-9H3,(H,25,27,28)/t18-,20-,21-,23-/m1/s1. The maximum Gasteiger partial charge on any atom is 0.335 e. The van der Waals surface area contributed by atoms with Crippen LogP contribution in [0.2, 0.25) is 22.2 Å². The summed E-state index contributed by atoms with van der Waals surface area (Å²) in [6.07, 6.45) is -0.0922. The smallest absolute Gasteiger partial charge is 0.335 e. The molecule has 2 fully saturated rings. The van der Waals surface area contributed by atoms with Gasteiger partial charge in [-0.3, -0.25) is 14.3 Å². The summed E-state index contributed by atoms with van der Waals surface area (Å²) in [4.78, 5) is 26.7. The van der Waals surface area contributed by atoms with E-state index in [1.807, 2.05) is 6.92 Å². The number of ether oxygens (including phenoxy) is 1.